The number of rotatable bonds is 5. The molecule has 0 aromatic carbocycles. The third-order valence-corrected chi connectivity index (χ3v) is 3.53. The molecular formula is C13H27ClN2O. The molecule has 0 bridgehead atoms. The van der Waals surface area contributed by atoms with Gasteiger partial charge >= 0.3 is 0 Å². The highest BCUT2D eigenvalue weighted by Crippen LogP contribution is 2.18. The summed E-state index contributed by atoms with van der Waals surface area (Å²) in [5.41, 5.74) is 0. The lowest BCUT2D eigenvalue weighted by molar-refractivity contribution is -0.138. The van der Waals surface area contributed by atoms with E-state index >= 15 is 0 Å². The maximum Gasteiger partial charge on any atom is 0.225 e. The molecule has 4 heteroatoms. The topological polar surface area (TPSA) is 32.3 Å². The summed E-state index contributed by atoms with van der Waals surface area (Å²) in [6.07, 6.45) is 4.39. The van der Waals surface area contributed by atoms with Gasteiger partial charge in [0.25, 0.3) is 0 Å². The van der Waals surface area contributed by atoms with Crippen LogP contribution in [0.3, 0.4) is 0 Å². The molecule has 0 radical (unpaired) electrons. The molecule has 102 valence electrons. The fourth-order valence-corrected chi connectivity index (χ4v) is 2.36. The summed E-state index contributed by atoms with van der Waals surface area (Å²) in [6.45, 7) is 9.21. The van der Waals surface area contributed by atoms with Crippen molar-refractivity contribution in [3.8, 4) is 0 Å². The lowest BCUT2D eigenvalue weighted by atomic mass is 9.96. The van der Waals surface area contributed by atoms with Gasteiger partial charge in [-0.3, -0.25) is 4.79 Å². The van der Waals surface area contributed by atoms with E-state index in [0.29, 0.717) is 11.9 Å². The first-order chi connectivity index (χ1) is 7.70. The molecule has 1 saturated heterocycles. The predicted octanol–water partition coefficient (Wildman–Crippen LogP) is 2.44. The van der Waals surface area contributed by atoms with E-state index in [1.165, 1.54) is 12.8 Å². The minimum absolute atomic E-state index is 0. The van der Waals surface area contributed by atoms with E-state index in [1.54, 1.807) is 0 Å². The molecule has 1 amide bonds. The van der Waals surface area contributed by atoms with Crippen molar-refractivity contribution < 1.29 is 4.79 Å². The van der Waals surface area contributed by atoms with E-state index < -0.39 is 0 Å². The van der Waals surface area contributed by atoms with Gasteiger partial charge < -0.3 is 10.2 Å². The van der Waals surface area contributed by atoms with Gasteiger partial charge in [0.2, 0.25) is 5.91 Å². The summed E-state index contributed by atoms with van der Waals surface area (Å²) < 4.78 is 0. The van der Waals surface area contributed by atoms with Crippen LogP contribution in [0.25, 0.3) is 0 Å². The monoisotopic (exact) mass is 262 g/mol. The Labute approximate surface area is 112 Å². The van der Waals surface area contributed by atoms with Gasteiger partial charge in [0.1, 0.15) is 0 Å². The molecule has 1 fully saturated rings. The molecule has 0 spiro atoms. The van der Waals surface area contributed by atoms with Crippen molar-refractivity contribution in [1.82, 2.24) is 10.2 Å². The quantitative estimate of drug-likeness (QED) is 0.826. The lowest BCUT2D eigenvalue weighted by Gasteiger charge is -2.36. The molecule has 0 aromatic heterocycles. The van der Waals surface area contributed by atoms with Gasteiger partial charge in [-0.05, 0) is 19.8 Å². The minimum Gasteiger partial charge on any atom is -0.337 e. The number of amides is 1. The van der Waals surface area contributed by atoms with Crippen molar-refractivity contribution in [3.63, 3.8) is 0 Å². The number of carbonyl (C=O) groups excluding carboxylic acids is 1. The van der Waals surface area contributed by atoms with Gasteiger partial charge in [0, 0.05) is 31.6 Å². The van der Waals surface area contributed by atoms with Crippen molar-refractivity contribution in [1.29, 1.82) is 0 Å². The highest BCUT2D eigenvalue weighted by molar-refractivity contribution is 5.85. The van der Waals surface area contributed by atoms with Crippen LogP contribution in [0.5, 0.6) is 0 Å². The number of nitrogens with one attached hydrogen (secondary N) is 1. The third kappa shape index (κ3) is 4.84. The maximum absolute atomic E-state index is 12.3. The van der Waals surface area contributed by atoms with Crippen LogP contribution in [0.15, 0.2) is 0 Å². The Bertz CT molecular complexity index is 223. The van der Waals surface area contributed by atoms with Gasteiger partial charge in [-0.2, -0.15) is 0 Å². The molecule has 1 aliphatic rings. The van der Waals surface area contributed by atoms with E-state index in [1.807, 2.05) is 0 Å². The molecule has 1 N–H and O–H groups in total. The highest BCUT2D eigenvalue weighted by Gasteiger charge is 2.27. The number of hydrogen-bond donors (Lipinski definition) is 1. The predicted molar refractivity (Wildman–Crippen MR) is 74.6 cm³/mol. The summed E-state index contributed by atoms with van der Waals surface area (Å²) in [7, 11) is 0. The minimum atomic E-state index is 0. The maximum atomic E-state index is 12.3. The summed E-state index contributed by atoms with van der Waals surface area (Å²) >= 11 is 0. The number of halogens is 1. The second-order valence-electron chi connectivity index (χ2n) is 4.83. The van der Waals surface area contributed by atoms with Gasteiger partial charge in [0.05, 0.1) is 0 Å². The van der Waals surface area contributed by atoms with Crippen molar-refractivity contribution >= 4 is 18.3 Å². The average Bonchev–Trinajstić information content (AvgIpc) is 2.30. The Hall–Kier alpha value is -0.280. The van der Waals surface area contributed by atoms with Crippen LogP contribution in [-0.2, 0) is 4.79 Å². The molecular weight excluding hydrogens is 236 g/mol. The fourth-order valence-electron chi connectivity index (χ4n) is 2.36. The second-order valence-corrected chi connectivity index (χ2v) is 4.83. The molecule has 1 heterocycles. The Morgan fingerprint density at radius 1 is 1.47 bits per heavy atom. The van der Waals surface area contributed by atoms with E-state index in [4.69, 9.17) is 0 Å². The zero-order chi connectivity index (χ0) is 12.0. The second kappa shape index (κ2) is 8.76. The van der Waals surface area contributed by atoms with Gasteiger partial charge in [0.15, 0.2) is 0 Å². The largest absolute Gasteiger partial charge is 0.337 e. The molecule has 2 atom stereocenters. The van der Waals surface area contributed by atoms with Gasteiger partial charge in [-0.15, -0.1) is 12.4 Å². The molecule has 17 heavy (non-hydrogen) atoms. The van der Waals surface area contributed by atoms with E-state index in [-0.39, 0.29) is 18.3 Å². The molecule has 0 aliphatic carbocycles. The van der Waals surface area contributed by atoms with Crippen molar-refractivity contribution in [2.24, 2.45) is 5.92 Å². The summed E-state index contributed by atoms with van der Waals surface area (Å²) in [6, 6.07) is 0.358. The van der Waals surface area contributed by atoms with Crippen LogP contribution in [0.2, 0.25) is 0 Å². The first kappa shape index (κ1) is 16.7. The standard InChI is InChI=1S/C13H26N2O.ClH/c1-4-6-7-12(5-2)13(16)15-9-8-14-10-11(15)3;/h11-12,14H,4-10H2,1-3H3;1H. The Morgan fingerprint density at radius 3 is 2.71 bits per heavy atom. The molecule has 0 aromatic rings. The van der Waals surface area contributed by atoms with Gasteiger partial charge in [-0.1, -0.05) is 26.7 Å². The van der Waals surface area contributed by atoms with Crippen LogP contribution >= 0.6 is 12.4 Å². The SMILES string of the molecule is CCCCC(CC)C(=O)N1CCNCC1C.Cl. The lowest BCUT2D eigenvalue weighted by Crippen LogP contribution is -2.53. The molecule has 0 saturated carbocycles. The van der Waals surface area contributed by atoms with Crippen LogP contribution in [0.1, 0.15) is 46.5 Å². The first-order valence-electron chi connectivity index (χ1n) is 6.71. The van der Waals surface area contributed by atoms with Crippen LogP contribution in [0.4, 0.5) is 0 Å². The Morgan fingerprint density at radius 2 is 2.18 bits per heavy atom. The Balaban J connectivity index is 0.00000256. The zero-order valence-electron chi connectivity index (χ0n) is 11.4. The fraction of sp³-hybridized carbons (Fsp3) is 0.923. The molecule has 1 aliphatic heterocycles. The van der Waals surface area contributed by atoms with E-state index in [2.05, 4.69) is 31.0 Å². The number of hydrogen-bond acceptors (Lipinski definition) is 2. The van der Waals surface area contributed by atoms with Crippen LogP contribution in [0, 0.1) is 5.92 Å². The van der Waals surface area contributed by atoms with Crippen molar-refractivity contribution in [3.05, 3.63) is 0 Å². The first-order valence-corrected chi connectivity index (χ1v) is 6.71. The third-order valence-electron chi connectivity index (χ3n) is 3.53. The zero-order valence-corrected chi connectivity index (χ0v) is 12.2. The molecule has 3 nitrogen and oxygen atoms in total. The number of nitrogens with zero attached hydrogens (tertiary/aromatic N) is 1. The average molecular weight is 263 g/mol. The molecule has 2 unspecified atom stereocenters. The van der Waals surface area contributed by atoms with Crippen LogP contribution < -0.4 is 5.32 Å². The Kier molecular flexibility index (Phi) is 8.61. The summed E-state index contributed by atoms with van der Waals surface area (Å²) in [4.78, 5) is 14.4. The summed E-state index contributed by atoms with van der Waals surface area (Å²) in [5.74, 6) is 0.630. The van der Waals surface area contributed by atoms with Gasteiger partial charge in [-0.25, -0.2) is 0 Å². The highest BCUT2D eigenvalue weighted by atomic mass is 35.5. The normalized spacial score (nSPS) is 21.8. The van der Waals surface area contributed by atoms with Crippen molar-refractivity contribution in [2.75, 3.05) is 19.6 Å². The van der Waals surface area contributed by atoms with E-state index in [0.717, 1.165) is 32.5 Å². The number of piperazine rings is 1. The van der Waals surface area contributed by atoms with E-state index in [9.17, 15) is 4.79 Å². The smallest absolute Gasteiger partial charge is 0.225 e. The number of unbranched alkanes of at least 4 members (excludes halogenated alkanes) is 1. The van der Waals surface area contributed by atoms with Crippen molar-refractivity contribution in [2.45, 2.75) is 52.5 Å². The molecule has 1 rings (SSSR count). The number of carbonyl (C=O) groups is 1. The summed E-state index contributed by atoms with van der Waals surface area (Å²) in [5, 5.41) is 3.33. The van der Waals surface area contributed by atoms with Crippen LogP contribution in [-0.4, -0.2) is 36.5 Å².